The SMILES string of the molecule is N#CC[C@H]1CN(c2nc(OC[C@@H]3CCCN3)nc3c2CCC2(CCc4ccccc42)C3)CCN1. The Morgan fingerprint density at radius 1 is 1.12 bits per heavy atom. The summed E-state index contributed by atoms with van der Waals surface area (Å²) in [7, 11) is 0. The summed E-state index contributed by atoms with van der Waals surface area (Å²) in [5, 5.41) is 16.2. The molecular weight excluding hydrogens is 424 g/mol. The molecule has 2 aliphatic carbocycles. The van der Waals surface area contributed by atoms with E-state index in [0.717, 1.165) is 69.8 Å². The summed E-state index contributed by atoms with van der Waals surface area (Å²) < 4.78 is 6.20. The normalized spacial score (nSPS) is 27.9. The van der Waals surface area contributed by atoms with E-state index in [0.29, 0.717) is 25.1 Å². The fraction of sp³-hybridized carbons (Fsp3) is 0.593. The van der Waals surface area contributed by atoms with Crippen molar-refractivity contribution in [2.45, 2.75) is 68.9 Å². The third-order valence-electron chi connectivity index (χ3n) is 8.34. The summed E-state index contributed by atoms with van der Waals surface area (Å²) in [5.41, 5.74) is 5.67. The second-order valence-corrected chi connectivity index (χ2v) is 10.4. The first-order chi connectivity index (χ1) is 16.7. The van der Waals surface area contributed by atoms with Crippen LogP contribution >= 0.6 is 0 Å². The molecule has 1 unspecified atom stereocenters. The van der Waals surface area contributed by atoms with E-state index in [1.54, 1.807) is 0 Å². The molecule has 2 fully saturated rings. The number of aromatic nitrogens is 2. The fourth-order valence-electron chi connectivity index (χ4n) is 6.54. The van der Waals surface area contributed by atoms with Gasteiger partial charge in [-0.3, -0.25) is 0 Å². The first-order valence-electron chi connectivity index (χ1n) is 12.9. The molecule has 6 rings (SSSR count). The Kier molecular flexibility index (Phi) is 5.88. The van der Waals surface area contributed by atoms with Gasteiger partial charge in [-0.25, -0.2) is 0 Å². The third kappa shape index (κ3) is 4.03. The van der Waals surface area contributed by atoms with E-state index in [9.17, 15) is 5.26 Å². The van der Waals surface area contributed by atoms with Crippen LogP contribution in [-0.4, -0.2) is 54.8 Å². The number of anilines is 1. The number of hydrogen-bond acceptors (Lipinski definition) is 7. The minimum absolute atomic E-state index is 0.174. The Bertz CT molecular complexity index is 1090. The highest BCUT2D eigenvalue weighted by Crippen LogP contribution is 2.48. The van der Waals surface area contributed by atoms with E-state index in [-0.39, 0.29) is 11.5 Å². The average Bonchev–Trinajstić information content (AvgIpc) is 3.51. The number of piperazine rings is 1. The van der Waals surface area contributed by atoms with E-state index in [4.69, 9.17) is 14.7 Å². The molecule has 0 saturated carbocycles. The van der Waals surface area contributed by atoms with Gasteiger partial charge in [0.15, 0.2) is 0 Å². The van der Waals surface area contributed by atoms with Gasteiger partial charge in [-0.05, 0) is 62.6 Å². The fourth-order valence-corrected chi connectivity index (χ4v) is 6.54. The molecule has 2 aliphatic heterocycles. The smallest absolute Gasteiger partial charge is 0.318 e. The van der Waals surface area contributed by atoms with Crippen LogP contribution in [0.2, 0.25) is 0 Å². The van der Waals surface area contributed by atoms with E-state index < -0.39 is 0 Å². The van der Waals surface area contributed by atoms with Gasteiger partial charge in [0.1, 0.15) is 12.4 Å². The molecular formula is C27H34N6O. The van der Waals surface area contributed by atoms with Gasteiger partial charge in [-0.1, -0.05) is 24.3 Å². The van der Waals surface area contributed by atoms with Crippen molar-refractivity contribution < 1.29 is 4.74 Å². The van der Waals surface area contributed by atoms with Crippen LogP contribution in [0.1, 0.15) is 54.5 Å². The quantitative estimate of drug-likeness (QED) is 0.712. The van der Waals surface area contributed by atoms with Gasteiger partial charge in [0.2, 0.25) is 0 Å². The van der Waals surface area contributed by atoms with Crippen molar-refractivity contribution in [2.75, 3.05) is 37.7 Å². The minimum Gasteiger partial charge on any atom is -0.462 e. The zero-order valence-electron chi connectivity index (χ0n) is 19.9. The maximum absolute atomic E-state index is 9.22. The lowest BCUT2D eigenvalue weighted by molar-refractivity contribution is 0.254. The molecule has 0 bridgehead atoms. The van der Waals surface area contributed by atoms with Crippen LogP contribution in [0.5, 0.6) is 6.01 Å². The Hall–Kier alpha value is -2.69. The monoisotopic (exact) mass is 458 g/mol. The maximum Gasteiger partial charge on any atom is 0.318 e. The summed E-state index contributed by atoms with van der Waals surface area (Å²) in [6, 6.07) is 12.4. The summed E-state index contributed by atoms with van der Waals surface area (Å²) in [6.07, 6.45) is 8.32. The molecule has 7 heteroatoms. The van der Waals surface area contributed by atoms with Crippen molar-refractivity contribution in [3.05, 3.63) is 46.6 Å². The lowest BCUT2D eigenvalue weighted by Gasteiger charge is -2.39. The molecule has 0 amide bonds. The highest BCUT2D eigenvalue weighted by molar-refractivity contribution is 5.54. The third-order valence-corrected chi connectivity index (χ3v) is 8.34. The van der Waals surface area contributed by atoms with Crippen LogP contribution in [0.15, 0.2) is 24.3 Å². The summed E-state index contributed by atoms with van der Waals surface area (Å²) in [5.74, 6) is 1.03. The Labute approximate surface area is 201 Å². The molecule has 1 aromatic heterocycles. The molecule has 2 N–H and O–H groups in total. The van der Waals surface area contributed by atoms with Gasteiger partial charge in [-0.2, -0.15) is 15.2 Å². The van der Waals surface area contributed by atoms with Crippen LogP contribution in [0.3, 0.4) is 0 Å². The number of hydrogen-bond donors (Lipinski definition) is 2. The van der Waals surface area contributed by atoms with Crippen LogP contribution in [0.4, 0.5) is 5.82 Å². The molecule has 3 atom stereocenters. The van der Waals surface area contributed by atoms with Crippen molar-refractivity contribution in [3.63, 3.8) is 0 Å². The van der Waals surface area contributed by atoms with Crippen LogP contribution < -0.4 is 20.3 Å². The molecule has 1 spiro atoms. The van der Waals surface area contributed by atoms with Gasteiger partial charge in [-0.15, -0.1) is 0 Å². The lowest BCUT2D eigenvalue weighted by atomic mass is 9.69. The van der Waals surface area contributed by atoms with Crippen molar-refractivity contribution >= 4 is 5.82 Å². The Balaban J connectivity index is 1.33. The highest BCUT2D eigenvalue weighted by Gasteiger charge is 2.43. The number of nitriles is 1. The second kappa shape index (κ2) is 9.16. The summed E-state index contributed by atoms with van der Waals surface area (Å²) in [4.78, 5) is 12.4. The van der Waals surface area contributed by atoms with Crippen molar-refractivity contribution in [3.8, 4) is 12.1 Å². The largest absolute Gasteiger partial charge is 0.462 e. The average molecular weight is 459 g/mol. The summed E-state index contributed by atoms with van der Waals surface area (Å²) in [6.45, 7) is 4.24. The van der Waals surface area contributed by atoms with Crippen molar-refractivity contribution in [1.82, 2.24) is 20.6 Å². The number of rotatable bonds is 5. The van der Waals surface area contributed by atoms with Crippen LogP contribution in [0, 0.1) is 11.3 Å². The molecule has 1 aromatic carbocycles. The molecule has 34 heavy (non-hydrogen) atoms. The number of aryl methyl sites for hydroxylation is 1. The van der Waals surface area contributed by atoms with Crippen molar-refractivity contribution in [1.29, 1.82) is 5.26 Å². The maximum atomic E-state index is 9.22. The van der Waals surface area contributed by atoms with Crippen LogP contribution in [-0.2, 0) is 24.7 Å². The topological polar surface area (TPSA) is 86.1 Å². The van der Waals surface area contributed by atoms with Gasteiger partial charge >= 0.3 is 6.01 Å². The minimum atomic E-state index is 0.174. The molecule has 3 heterocycles. The predicted molar refractivity (Wildman–Crippen MR) is 131 cm³/mol. The van der Waals surface area contributed by atoms with Crippen molar-refractivity contribution in [2.24, 2.45) is 0 Å². The molecule has 4 aliphatic rings. The summed E-state index contributed by atoms with van der Waals surface area (Å²) >= 11 is 0. The van der Waals surface area contributed by atoms with Gasteiger partial charge in [0.25, 0.3) is 0 Å². The van der Waals surface area contributed by atoms with E-state index in [1.807, 2.05) is 0 Å². The van der Waals surface area contributed by atoms with Crippen LogP contribution in [0.25, 0.3) is 0 Å². The number of fused-ring (bicyclic) bond motifs is 3. The van der Waals surface area contributed by atoms with E-state index >= 15 is 0 Å². The standard InChI is InChI=1S/C27H34N6O/c28-12-9-20-17-33(15-14-30-20)25-22-8-11-27(10-7-19-4-1-2-6-23(19)27)16-24(22)31-26(32-25)34-18-21-5-3-13-29-21/h1-2,4,6,20-21,29-30H,3,5,7-11,13-18H2/t20-,21-,27?/m0/s1. The molecule has 178 valence electrons. The van der Waals surface area contributed by atoms with E-state index in [2.05, 4.69) is 45.9 Å². The van der Waals surface area contributed by atoms with Gasteiger partial charge in [0.05, 0.1) is 18.2 Å². The lowest BCUT2D eigenvalue weighted by Crippen LogP contribution is -2.51. The number of nitrogens with one attached hydrogen (secondary N) is 2. The highest BCUT2D eigenvalue weighted by atomic mass is 16.5. The molecule has 0 radical (unpaired) electrons. The molecule has 2 aromatic rings. The Morgan fingerprint density at radius 3 is 2.88 bits per heavy atom. The number of ether oxygens (including phenoxy) is 1. The zero-order chi connectivity index (χ0) is 23.0. The predicted octanol–water partition coefficient (Wildman–Crippen LogP) is 2.67. The second-order valence-electron chi connectivity index (χ2n) is 10.4. The number of benzene rings is 1. The first-order valence-corrected chi connectivity index (χ1v) is 12.9. The van der Waals surface area contributed by atoms with Gasteiger partial charge < -0.3 is 20.3 Å². The zero-order valence-corrected chi connectivity index (χ0v) is 19.9. The molecule has 7 nitrogen and oxygen atoms in total. The number of nitrogens with zero attached hydrogens (tertiary/aromatic N) is 4. The van der Waals surface area contributed by atoms with E-state index in [1.165, 1.54) is 29.5 Å². The first kappa shape index (κ1) is 21.8. The molecule has 2 saturated heterocycles. The Morgan fingerprint density at radius 2 is 2.00 bits per heavy atom. The van der Waals surface area contributed by atoms with Gasteiger partial charge in [0, 0.05) is 42.7 Å².